The highest BCUT2D eigenvalue weighted by Crippen LogP contribution is 2.38. The molecule has 0 N–H and O–H groups in total. The quantitative estimate of drug-likeness (QED) is 0.376. The summed E-state index contributed by atoms with van der Waals surface area (Å²) in [6.07, 6.45) is 0. The van der Waals surface area contributed by atoms with Crippen LogP contribution in [-0.4, -0.2) is 4.57 Å². The zero-order chi connectivity index (χ0) is 19.7. The van der Waals surface area contributed by atoms with Gasteiger partial charge in [0.2, 0.25) is 0 Å². The summed E-state index contributed by atoms with van der Waals surface area (Å²) in [4.78, 5) is 0. The van der Waals surface area contributed by atoms with Crippen LogP contribution < -0.4 is 4.74 Å². The maximum absolute atomic E-state index is 13.5. The van der Waals surface area contributed by atoms with E-state index >= 15 is 0 Å². The van der Waals surface area contributed by atoms with E-state index < -0.39 is 0 Å². The van der Waals surface area contributed by atoms with Gasteiger partial charge in [-0.15, -0.1) is 0 Å². The van der Waals surface area contributed by atoms with Gasteiger partial charge in [-0.1, -0.05) is 50.2 Å². The average Bonchev–Trinajstić information content (AvgIpc) is 3.01. The van der Waals surface area contributed by atoms with Gasteiger partial charge < -0.3 is 9.30 Å². The van der Waals surface area contributed by atoms with Gasteiger partial charge in [0.15, 0.2) is 0 Å². The smallest absolute Gasteiger partial charge is 0.129 e. The van der Waals surface area contributed by atoms with Crippen molar-refractivity contribution in [2.45, 2.75) is 33.3 Å². The molecule has 0 aliphatic heterocycles. The number of nitrogens with zero attached hydrogens (tertiary/aromatic N) is 1. The summed E-state index contributed by atoms with van der Waals surface area (Å²) < 4.78 is 21.9. The SMILES string of the molecule is Cc1c(C(C)C)n(-c2ccc(F)cc2)c2cccc(OCc3ccccc3)c12. The summed E-state index contributed by atoms with van der Waals surface area (Å²) in [6.45, 7) is 7.04. The molecule has 4 rings (SSSR count). The van der Waals surface area contributed by atoms with Gasteiger partial charge >= 0.3 is 0 Å². The molecule has 0 saturated carbocycles. The van der Waals surface area contributed by atoms with E-state index in [-0.39, 0.29) is 5.82 Å². The van der Waals surface area contributed by atoms with Crippen LogP contribution in [0.25, 0.3) is 16.6 Å². The third-order valence-electron chi connectivity index (χ3n) is 5.11. The molecule has 4 aromatic rings. The van der Waals surface area contributed by atoms with E-state index in [1.165, 1.54) is 23.4 Å². The minimum absolute atomic E-state index is 0.227. The second-order valence-electron chi connectivity index (χ2n) is 7.40. The van der Waals surface area contributed by atoms with Crippen LogP contribution in [0.5, 0.6) is 5.75 Å². The van der Waals surface area contributed by atoms with Crippen LogP contribution >= 0.6 is 0 Å². The van der Waals surface area contributed by atoms with E-state index in [2.05, 4.69) is 43.5 Å². The molecule has 0 bridgehead atoms. The first kappa shape index (κ1) is 18.3. The van der Waals surface area contributed by atoms with Crippen LogP contribution in [0.15, 0.2) is 72.8 Å². The fourth-order valence-corrected chi connectivity index (χ4v) is 3.92. The van der Waals surface area contributed by atoms with Crippen molar-refractivity contribution in [1.82, 2.24) is 4.57 Å². The number of halogens is 1. The van der Waals surface area contributed by atoms with Gasteiger partial charge in [0.05, 0.1) is 5.52 Å². The predicted molar refractivity (Wildman–Crippen MR) is 113 cm³/mol. The first-order chi connectivity index (χ1) is 13.6. The minimum atomic E-state index is -0.227. The summed E-state index contributed by atoms with van der Waals surface area (Å²) >= 11 is 0. The van der Waals surface area contributed by atoms with Crippen molar-refractivity contribution in [3.8, 4) is 11.4 Å². The Morgan fingerprint density at radius 3 is 2.29 bits per heavy atom. The summed E-state index contributed by atoms with van der Waals surface area (Å²) in [5.74, 6) is 0.968. The molecule has 0 saturated heterocycles. The van der Waals surface area contributed by atoms with Crippen molar-refractivity contribution in [1.29, 1.82) is 0 Å². The van der Waals surface area contributed by atoms with Crippen LogP contribution in [0, 0.1) is 12.7 Å². The molecule has 0 atom stereocenters. The number of hydrogen-bond acceptors (Lipinski definition) is 1. The van der Waals surface area contributed by atoms with Crippen LogP contribution in [0.4, 0.5) is 4.39 Å². The molecular formula is C25H24FNO. The summed E-state index contributed by atoms with van der Waals surface area (Å²) in [5, 5.41) is 1.12. The van der Waals surface area contributed by atoms with Gasteiger partial charge in [-0.05, 0) is 60.4 Å². The molecule has 2 nitrogen and oxygen atoms in total. The standard InChI is InChI=1S/C25H24FNO/c1-17(2)25-18(3)24-22(27(25)21-14-12-20(26)13-15-21)10-7-11-23(24)28-16-19-8-5-4-6-9-19/h4-15,17H,16H2,1-3H3. The number of ether oxygens (including phenoxy) is 1. The molecule has 0 spiro atoms. The normalized spacial score (nSPS) is 11.3. The molecule has 0 fully saturated rings. The lowest BCUT2D eigenvalue weighted by Gasteiger charge is -2.14. The number of rotatable bonds is 5. The fraction of sp³-hybridized carbons (Fsp3) is 0.200. The Labute approximate surface area is 165 Å². The molecule has 1 heterocycles. The van der Waals surface area contributed by atoms with E-state index in [4.69, 9.17) is 4.74 Å². The third-order valence-corrected chi connectivity index (χ3v) is 5.11. The van der Waals surface area contributed by atoms with E-state index in [1.807, 2.05) is 42.5 Å². The van der Waals surface area contributed by atoms with Crippen LogP contribution in [0.3, 0.4) is 0 Å². The molecule has 0 radical (unpaired) electrons. The van der Waals surface area contributed by atoms with E-state index in [9.17, 15) is 4.39 Å². The lowest BCUT2D eigenvalue weighted by atomic mass is 10.0. The average molecular weight is 373 g/mol. The first-order valence-corrected chi connectivity index (χ1v) is 9.63. The van der Waals surface area contributed by atoms with E-state index in [0.717, 1.165) is 27.9 Å². The van der Waals surface area contributed by atoms with Crippen molar-refractivity contribution in [3.63, 3.8) is 0 Å². The molecule has 0 aliphatic carbocycles. The topological polar surface area (TPSA) is 14.2 Å². The van der Waals surface area contributed by atoms with E-state index in [1.54, 1.807) is 0 Å². The number of aryl methyl sites for hydroxylation is 1. The lowest BCUT2D eigenvalue weighted by Crippen LogP contribution is -2.03. The highest BCUT2D eigenvalue weighted by Gasteiger charge is 2.20. The number of fused-ring (bicyclic) bond motifs is 1. The van der Waals surface area contributed by atoms with Gasteiger partial charge in [0.25, 0.3) is 0 Å². The lowest BCUT2D eigenvalue weighted by molar-refractivity contribution is 0.310. The van der Waals surface area contributed by atoms with Crippen molar-refractivity contribution in [3.05, 3.63) is 95.4 Å². The Morgan fingerprint density at radius 2 is 1.61 bits per heavy atom. The molecule has 0 aliphatic rings. The van der Waals surface area contributed by atoms with Crippen molar-refractivity contribution < 1.29 is 9.13 Å². The molecule has 28 heavy (non-hydrogen) atoms. The second kappa shape index (κ2) is 7.51. The van der Waals surface area contributed by atoms with Crippen LogP contribution in [-0.2, 0) is 6.61 Å². The Bertz CT molecular complexity index is 1100. The van der Waals surface area contributed by atoms with Gasteiger partial charge in [-0.25, -0.2) is 4.39 Å². The van der Waals surface area contributed by atoms with Gasteiger partial charge in [-0.3, -0.25) is 0 Å². The summed E-state index contributed by atoms with van der Waals surface area (Å²) in [5.41, 5.74) is 5.61. The Balaban J connectivity index is 1.86. The zero-order valence-electron chi connectivity index (χ0n) is 16.4. The van der Waals surface area contributed by atoms with Gasteiger partial charge in [0, 0.05) is 16.8 Å². The fourth-order valence-electron chi connectivity index (χ4n) is 3.92. The molecular weight excluding hydrogens is 349 g/mol. The van der Waals surface area contributed by atoms with Crippen molar-refractivity contribution in [2.24, 2.45) is 0 Å². The van der Waals surface area contributed by atoms with Gasteiger partial charge in [-0.2, -0.15) is 0 Å². The van der Waals surface area contributed by atoms with E-state index in [0.29, 0.717) is 12.5 Å². The largest absolute Gasteiger partial charge is 0.488 e. The van der Waals surface area contributed by atoms with Crippen LogP contribution in [0.1, 0.15) is 36.6 Å². The highest BCUT2D eigenvalue weighted by atomic mass is 19.1. The Kier molecular flexibility index (Phi) is 4.91. The highest BCUT2D eigenvalue weighted by molar-refractivity contribution is 5.92. The maximum atomic E-state index is 13.5. The predicted octanol–water partition coefficient (Wildman–Crippen LogP) is 6.78. The van der Waals surface area contributed by atoms with Gasteiger partial charge in [0.1, 0.15) is 18.2 Å². The number of aromatic nitrogens is 1. The van der Waals surface area contributed by atoms with Crippen LogP contribution in [0.2, 0.25) is 0 Å². The Morgan fingerprint density at radius 1 is 0.893 bits per heavy atom. The first-order valence-electron chi connectivity index (χ1n) is 9.63. The second-order valence-corrected chi connectivity index (χ2v) is 7.40. The molecule has 3 heteroatoms. The van der Waals surface area contributed by atoms with Crippen molar-refractivity contribution in [2.75, 3.05) is 0 Å². The van der Waals surface area contributed by atoms with Crippen molar-refractivity contribution >= 4 is 10.9 Å². The molecule has 1 aromatic heterocycles. The summed E-state index contributed by atoms with van der Waals surface area (Å²) in [6, 6.07) is 23.0. The Hall–Kier alpha value is -3.07. The molecule has 3 aromatic carbocycles. The maximum Gasteiger partial charge on any atom is 0.129 e. The molecule has 0 unspecified atom stereocenters. The summed E-state index contributed by atoms with van der Waals surface area (Å²) in [7, 11) is 0. The number of hydrogen-bond donors (Lipinski definition) is 0. The number of benzene rings is 3. The molecule has 0 amide bonds. The minimum Gasteiger partial charge on any atom is -0.488 e. The zero-order valence-corrected chi connectivity index (χ0v) is 16.4. The third kappa shape index (κ3) is 3.29. The molecule has 142 valence electrons. The monoisotopic (exact) mass is 373 g/mol.